The maximum atomic E-state index is 12.4. The molecule has 0 spiro atoms. The number of phenolic OH excluding ortho intramolecular Hbond substituents is 1. The summed E-state index contributed by atoms with van der Waals surface area (Å²) < 4.78 is 15.2. The summed E-state index contributed by atoms with van der Waals surface area (Å²) in [6.07, 6.45) is 2.64. The molecule has 0 saturated heterocycles. The molecule has 0 aromatic heterocycles. The maximum absolute atomic E-state index is 12.4. The number of allylic oxidation sites excluding steroid dienone is 1. The SMILES string of the molecule is COc1ccc(C(=O)C=Cc2cc(OC)c(O)c([N+](=O)[O-])c2)c(OC)c1. The van der Waals surface area contributed by atoms with Gasteiger partial charge < -0.3 is 19.3 Å². The van der Waals surface area contributed by atoms with E-state index in [1.165, 1.54) is 39.5 Å². The van der Waals surface area contributed by atoms with Gasteiger partial charge in [0.15, 0.2) is 11.5 Å². The minimum atomic E-state index is -0.733. The first kappa shape index (κ1) is 18.8. The standard InChI is InChI=1S/C18H17NO7/c1-24-12-5-6-13(16(10-12)25-2)15(20)7-4-11-8-14(19(22)23)18(21)17(9-11)26-3/h4-10,21H,1-3H3. The minimum absolute atomic E-state index is 0.0617. The third-order valence-corrected chi connectivity index (χ3v) is 3.60. The Morgan fingerprint density at radius 1 is 1.08 bits per heavy atom. The van der Waals surface area contributed by atoms with Crippen LogP contribution in [0.2, 0.25) is 0 Å². The van der Waals surface area contributed by atoms with Gasteiger partial charge in [0.1, 0.15) is 11.5 Å². The van der Waals surface area contributed by atoms with E-state index in [-0.39, 0.29) is 11.5 Å². The number of carbonyl (C=O) groups excluding carboxylic acids is 1. The van der Waals surface area contributed by atoms with Crippen LogP contribution < -0.4 is 14.2 Å². The fourth-order valence-corrected chi connectivity index (χ4v) is 2.27. The molecule has 0 aliphatic rings. The zero-order valence-corrected chi connectivity index (χ0v) is 14.4. The molecule has 0 unspecified atom stereocenters. The average Bonchev–Trinajstić information content (AvgIpc) is 2.65. The van der Waals surface area contributed by atoms with Gasteiger partial charge in [0.2, 0.25) is 5.75 Å². The number of hydrogen-bond donors (Lipinski definition) is 1. The number of benzene rings is 2. The van der Waals surface area contributed by atoms with Crippen molar-refractivity contribution in [2.75, 3.05) is 21.3 Å². The number of hydrogen-bond acceptors (Lipinski definition) is 7. The number of carbonyl (C=O) groups is 1. The van der Waals surface area contributed by atoms with E-state index >= 15 is 0 Å². The van der Waals surface area contributed by atoms with Crippen molar-refractivity contribution in [3.63, 3.8) is 0 Å². The molecule has 0 saturated carbocycles. The Bertz CT molecular complexity index is 874. The second-order valence-corrected chi connectivity index (χ2v) is 5.11. The zero-order valence-electron chi connectivity index (χ0n) is 14.4. The fourth-order valence-electron chi connectivity index (χ4n) is 2.27. The van der Waals surface area contributed by atoms with Crippen LogP contribution in [0.1, 0.15) is 15.9 Å². The highest BCUT2D eigenvalue weighted by Crippen LogP contribution is 2.37. The first-order valence-corrected chi connectivity index (χ1v) is 7.41. The molecule has 2 aromatic carbocycles. The number of phenols is 1. The van der Waals surface area contributed by atoms with Crippen LogP contribution in [0.4, 0.5) is 5.69 Å². The fraction of sp³-hybridized carbons (Fsp3) is 0.167. The molecular weight excluding hydrogens is 342 g/mol. The molecule has 0 radical (unpaired) electrons. The molecule has 1 N–H and O–H groups in total. The molecule has 136 valence electrons. The van der Waals surface area contributed by atoms with E-state index in [9.17, 15) is 20.0 Å². The van der Waals surface area contributed by atoms with E-state index in [2.05, 4.69) is 0 Å². The van der Waals surface area contributed by atoms with E-state index in [1.54, 1.807) is 18.2 Å². The van der Waals surface area contributed by atoms with E-state index in [4.69, 9.17) is 14.2 Å². The summed E-state index contributed by atoms with van der Waals surface area (Å²) in [6.45, 7) is 0. The summed E-state index contributed by atoms with van der Waals surface area (Å²) in [5.74, 6) is -0.111. The summed E-state index contributed by atoms with van der Waals surface area (Å²) in [6, 6.07) is 7.29. The number of ether oxygens (including phenoxy) is 3. The molecular formula is C18H17NO7. The van der Waals surface area contributed by atoms with Gasteiger partial charge in [-0.2, -0.15) is 0 Å². The molecule has 0 bridgehead atoms. The van der Waals surface area contributed by atoms with Gasteiger partial charge in [-0.3, -0.25) is 14.9 Å². The third-order valence-electron chi connectivity index (χ3n) is 3.60. The number of nitrogens with zero attached hydrogens (tertiary/aromatic N) is 1. The lowest BCUT2D eigenvalue weighted by Gasteiger charge is -2.08. The van der Waals surface area contributed by atoms with Crippen molar-refractivity contribution in [1.29, 1.82) is 0 Å². The van der Waals surface area contributed by atoms with Crippen LogP contribution in [0.25, 0.3) is 6.08 Å². The Morgan fingerprint density at radius 2 is 1.77 bits per heavy atom. The van der Waals surface area contributed by atoms with E-state index in [1.807, 2.05) is 0 Å². The first-order chi connectivity index (χ1) is 12.4. The third kappa shape index (κ3) is 3.92. The highest BCUT2D eigenvalue weighted by atomic mass is 16.6. The van der Waals surface area contributed by atoms with E-state index in [0.717, 1.165) is 6.07 Å². The Hall–Kier alpha value is -3.55. The predicted octanol–water partition coefficient (Wildman–Crippen LogP) is 3.22. The summed E-state index contributed by atoms with van der Waals surface area (Å²) in [5.41, 5.74) is 0.121. The Labute approximate surface area is 149 Å². The molecule has 0 amide bonds. The van der Waals surface area contributed by atoms with E-state index < -0.39 is 16.4 Å². The van der Waals surface area contributed by atoms with Gasteiger partial charge in [-0.1, -0.05) is 6.08 Å². The van der Waals surface area contributed by atoms with Crippen LogP contribution in [0.5, 0.6) is 23.0 Å². The zero-order chi connectivity index (χ0) is 19.3. The molecule has 8 nitrogen and oxygen atoms in total. The van der Waals surface area contributed by atoms with Gasteiger partial charge in [-0.15, -0.1) is 0 Å². The number of methoxy groups -OCH3 is 3. The topological polar surface area (TPSA) is 108 Å². The number of rotatable bonds is 7. The van der Waals surface area contributed by atoms with Gasteiger partial charge in [0.05, 0.1) is 31.8 Å². The monoisotopic (exact) mass is 359 g/mol. The lowest BCUT2D eigenvalue weighted by atomic mass is 10.1. The highest BCUT2D eigenvalue weighted by Gasteiger charge is 2.19. The maximum Gasteiger partial charge on any atom is 0.315 e. The van der Waals surface area contributed by atoms with Crippen LogP contribution in [0.3, 0.4) is 0 Å². The molecule has 0 atom stereocenters. The van der Waals surface area contributed by atoms with Crippen molar-refractivity contribution in [3.05, 3.63) is 57.6 Å². The molecule has 0 fully saturated rings. The van der Waals surface area contributed by atoms with Gasteiger partial charge in [0.25, 0.3) is 0 Å². The summed E-state index contributed by atoms with van der Waals surface area (Å²) in [4.78, 5) is 22.7. The van der Waals surface area contributed by atoms with Crippen molar-refractivity contribution in [2.45, 2.75) is 0 Å². The van der Waals surface area contributed by atoms with Gasteiger partial charge in [0, 0.05) is 12.1 Å². The summed E-state index contributed by atoms with van der Waals surface area (Å²) in [7, 11) is 4.21. The first-order valence-electron chi connectivity index (χ1n) is 7.41. The van der Waals surface area contributed by atoms with Crippen LogP contribution in [-0.2, 0) is 0 Å². The molecule has 2 rings (SSSR count). The number of aromatic hydroxyl groups is 1. The smallest absolute Gasteiger partial charge is 0.315 e. The van der Waals surface area contributed by atoms with Gasteiger partial charge in [-0.25, -0.2) is 0 Å². The number of nitro groups is 1. The van der Waals surface area contributed by atoms with Crippen LogP contribution in [0, 0.1) is 10.1 Å². The second kappa shape index (κ2) is 8.02. The lowest BCUT2D eigenvalue weighted by Crippen LogP contribution is -1.99. The highest BCUT2D eigenvalue weighted by molar-refractivity contribution is 6.08. The van der Waals surface area contributed by atoms with Crippen molar-refractivity contribution in [2.24, 2.45) is 0 Å². The van der Waals surface area contributed by atoms with Crippen LogP contribution in [0.15, 0.2) is 36.4 Å². The van der Waals surface area contributed by atoms with Crippen molar-refractivity contribution >= 4 is 17.5 Å². The van der Waals surface area contributed by atoms with Crippen molar-refractivity contribution < 1.29 is 29.0 Å². The predicted molar refractivity (Wildman–Crippen MR) is 94.2 cm³/mol. The van der Waals surface area contributed by atoms with Crippen LogP contribution in [-0.4, -0.2) is 37.1 Å². The molecule has 0 heterocycles. The molecule has 0 aliphatic heterocycles. The van der Waals surface area contributed by atoms with E-state index in [0.29, 0.717) is 22.6 Å². The minimum Gasteiger partial charge on any atom is -0.500 e. The van der Waals surface area contributed by atoms with Gasteiger partial charge >= 0.3 is 5.69 Å². The lowest BCUT2D eigenvalue weighted by molar-refractivity contribution is -0.386. The molecule has 0 aliphatic carbocycles. The Balaban J connectivity index is 2.36. The summed E-state index contributed by atoms with van der Waals surface area (Å²) >= 11 is 0. The number of nitro benzene ring substituents is 1. The second-order valence-electron chi connectivity index (χ2n) is 5.11. The quantitative estimate of drug-likeness (QED) is 0.350. The van der Waals surface area contributed by atoms with Crippen LogP contribution >= 0.6 is 0 Å². The average molecular weight is 359 g/mol. The molecule has 26 heavy (non-hydrogen) atoms. The Kier molecular flexibility index (Phi) is 5.79. The molecule has 8 heteroatoms. The largest absolute Gasteiger partial charge is 0.500 e. The Morgan fingerprint density at radius 3 is 2.35 bits per heavy atom. The number of ketones is 1. The molecule has 2 aromatic rings. The summed E-state index contributed by atoms with van der Waals surface area (Å²) in [5, 5.41) is 20.8. The van der Waals surface area contributed by atoms with Gasteiger partial charge in [-0.05, 0) is 29.8 Å². The van der Waals surface area contributed by atoms with Crippen molar-refractivity contribution in [1.82, 2.24) is 0 Å². The normalized spacial score (nSPS) is 10.6. The van der Waals surface area contributed by atoms with Crippen molar-refractivity contribution in [3.8, 4) is 23.0 Å².